The number of nitrogens with one attached hydrogen (secondary N) is 1. The molecule has 1 N–H and O–H groups in total. The van der Waals surface area contributed by atoms with Crippen LogP contribution in [0.4, 0.5) is 13.2 Å². The largest absolute Gasteiger partial charge is 0.401 e. The molecule has 1 atom stereocenters. The normalized spacial score (nSPS) is 20.6. The fraction of sp³-hybridized carbons (Fsp3) is 0.538. The van der Waals surface area contributed by atoms with Gasteiger partial charge in [-0.25, -0.2) is 0 Å². The summed E-state index contributed by atoms with van der Waals surface area (Å²) in [7, 11) is 1.54. The minimum Gasteiger partial charge on any atom is -0.313 e. The maximum Gasteiger partial charge on any atom is 0.401 e. The Hall–Kier alpha value is -1.07. The van der Waals surface area contributed by atoms with Crippen LogP contribution in [0.5, 0.6) is 0 Å². The van der Waals surface area contributed by atoms with Gasteiger partial charge >= 0.3 is 6.18 Å². The number of benzene rings is 1. The summed E-state index contributed by atoms with van der Waals surface area (Å²) in [5, 5.41) is 3.24. The van der Waals surface area contributed by atoms with E-state index in [0.29, 0.717) is 6.42 Å². The van der Waals surface area contributed by atoms with Crippen molar-refractivity contribution in [3.8, 4) is 0 Å². The Morgan fingerprint density at radius 3 is 2.78 bits per heavy atom. The highest BCUT2D eigenvalue weighted by atomic mass is 19.4. The van der Waals surface area contributed by atoms with Gasteiger partial charge in [0.1, 0.15) is 0 Å². The van der Waals surface area contributed by atoms with Crippen molar-refractivity contribution in [3.63, 3.8) is 0 Å². The molecule has 0 radical (unpaired) electrons. The first kappa shape index (κ1) is 13.4. The predicted octanol–water partition coefficient (Wildman–Crippen LogP) is 2.72. The summed E-state index contributed by atoms with van der Waals surface area (Å²) >= 11 is 0. The van der Waals surface area contributed by atoms with E-state index in [9.17, 15) is 13.2 Å². The zero-order chi connectivity index (χ0) is 13.2. The van der Waals surface area contributed by atoms with Crippen LogP contribution in [0.25, 0.3) is 0 Å². The molecule has 0 aliphatic carbocycles. The van der Waals surface area contributed by atoms with E-state index >= 15 is 0 Å². The number of rotatable bonds is 2. The maximum absolute atomic E-state index is 12.5. The standard InChI is InChI=1S/C13H17F3N2/c1-18(9-13(14,15)16)12-6-7-17-8-10-4-2-3-5-11(10)12/h2-5,12,17H,6-9H2,1H3. The summed E-state index contributed by atoms with van der Waals surface area (Å²) in [6.07, 6.45) is -3.45. The first-order chi connectivity index (χ1) is 8.47. The summed E-state index contributed by atoms with van der Waals surface area (Å²) in [5.41, 5.74) is 2.10. The van der Waals surface area contributed by atoms with Crippen LogP contribution >= 0.6 is 0 Å². The smallest absolute Gasteiger partial charge is 0.313 e. The van der Waals surface area contributed by atoms with Crippen LogP contribution < -0.4 is 5.32 Å². The van der Waals surface area contributed by atoms with Crippen molar-refractivity contribution in [3.05, 3.63) is 35.4 Å². The van der Waals surface area contributed by atoms with E-state index in [0.717, 1.165) is 24.2 Å². The average Bonchev–Trinajstić information content (AvgIpc) is 2.48. The van der Waals surface area contributed by atoms with Crippen molar-refractivity contribution in [2.24, 2.45) is 0 Å². The summed E-state index contributed by atoms with van der Waals surface area (Å²) < 4.78 is 37.4. The van der Waals surface area contributed by atoms with Gasteiger partial charge in [0.05, 0.1) is 6.54 Å². The van der Waals surface area contributed by atoms with Gasteiger partial charge in [-0.1, -0.05) is 24.3 Å². The van der Waals surface area contributed by atoms with Gasteiger partial charge in [0.15, 0.2) is 0 Å². The molecule has 1 heterocycles. The van der Waals surface area contributed by atoms with Crippen LogP contribution in [0, 0.1) is 0 Å². The lowest BCUT2D eigenvalue weighted by Gasteiger charge is -2.29. The number of hydrogen-bond acceptors (Lipinski definition) is 2. The lowest BCUT2D eigenvalue weighted by molar-refractivity contribution is -0.147. The Labute approximate surface area is 105 Å². The highest BCUT2D eigenvalue weighted by molar-refractivity contribution is 5.31. The molecule has 1 aliphatic heterocycles. The zero-order valence-corrected chi connectivity index (χ0v) is 10.3. The quantitative estimate of drug-likeness (QED) is 0.877. The molecule has 2 rings (SSSR count). The van der Waals surface area contributed by atoms with Crippen molar-refractivity contribution in [2.75, 3.05) is 20.1 Å². The number of halogens is 3. The van der Waals surface area contributed by atoms with E-state index in [2.05, 4.69) is 5.32 Å². The maximum atomic E-state index is 12.5. The minimum atomic E-state index is -4.15. The monoisotopic (exact) mass is 258 g/mol. The lowest BCUT2D eigenvalue weighted by atomic mass is 9.98. The van der Waals surface area contributed by atoms with Crippen molar-refractivity contribution in [1.29, 1.82) is 0 Å². The first-order valence-electron chi connectivity index (χ1n) is 6.03. The SMILES string of the molecule is CN(CC(F)(F)F)C1CCNCc2ccccc21. The fourth-order valence-corrected chi connectivity index (χ4v) is 2.49. The summed E-state index contributed by atoms with van der Waals surface area (Å²) in [6.45, 7) is 0.597. The van der Waals surface area contributed by atoms with Crippen LogP contribution in [0.2, 0.25) is 0 Å². The molecule has 1 aliphatic rings. The zero-order valence-electron chi connectivity index (χ0n) is 10.3. The topological polar surface area (TPSA) is 15.3 Å². The van der Waals surface area contributed by atoms with Crippen molar-refractivity contribution < 1.29 is 13.2 Å². The van der Waals surface area contributed by atoms with Crippen LogP contribution in [-0.4, -0.2) is 31.2 Å². The second-order valence-electron chi connectivity index (χ2n) is 4.71. The molecule has 0 amide bonds. The number of nitrogens with zero attached hydrogens (tertiary/aromatic N) is 1. The fourth-order valence-electron chi connectivity index (χ4n) is 2.49. The Kier molecular flexibility index (Phi) is 3.92. The Bertz CT molecular complexity index is 403. The van der Waals surface area contributed by atoms with E-state index in [1.807, 2.05) is 24.3 Å². The Morgan fingerprint density at radius 2 is 2.06 bits per heavy atom. The minimum absolute atomic E-state index is 0.169. The molecule has 0 aromatic heterocycles. The van der Waals surface area contributed by atoms with E-state index in [1.54, 1.807) is 7.05 Å². The number of hydrogen-bond donors (Lipinski definition) is 1. The molecule has 1 aromatic carbocycles. The average molecular weight is 258 g/mol. The lowest BCUT2D eigenvalue weighted by Crippen LogP contribution is -2.34. The van der Waals surface area contributed by atoms with Gasteiger partial charge < -0.3 is 5.32 Å². The molecule has 0 saturated carbocycles. The molecule has 0 spiro atoms. The molecule has 0 fully saturated rings. The highest BCUT2D eigenvalue weighted by Crippen LogP contribution is 2.30. The molecule has 1 unspecified atom stereocenters. The third-order valence-electron chi connectivity index (χ3n) is 3.28. The third kappa shape index (κ3) is 3.23. The van der Waals surface area contributed by atoms with Crippen LogP contribution in [0.15, 0.2) is 24.3 Å². The predicted molar refractivity (Wildman–Crippen MR) is 64.2 cm³/mol. The first-order valence-corrected chi connectivity index (χ1v) is 6.03. The van der Waals surface area contributed by atoms with Crippen molar-refractivity contribution in [2.45, 2.75) is 25.2 Å². The van der Waals surface area contributed by atoms with Gasteiger partial charge in [0, 0.05) is 12.6 Å². The van der Waals surface area contributed by atoms with Crippen LogP contribution in [0.3, 0.4) is 0 Å². The van der Waals surface area contributed by atoms with Gasteiger partial charge in [-0.2, -0.15) is 13.2 Å². The number of fused-ring (bicyclic) bond motifs is 1. The van der Waals surface area contributed by atoms with E-state index in [1.165, 1.54) is 4.90 Å². The second-order valence-corrected chi connectivity index (χ2v) is 4.71. The van der Waals surface area contributed by atoms with Gasteiger partial charge in [0.25, 0.3) is 0 Å². The molecule has 5 heteroatoms. The molecular formula is C13H17F3N2. The molecular weight excluding hydrogens is 241 g/mol. The Morgan fingerprint density at radius 1 is 1.33 bits per heavy atom. The van der Waals surface area contributed by atoms with E-state index < -0.39 is 12.7 Å². The van der Waals surface area contributed by atoms with E-state index in [-0.39, 0.29) is 6.04 Å². The van der Waals surface area contributed by atoms with E-state index in [4.69, 9.17) is 0 Å². The molecule has 0 bridgehead atoms. The van der Waals surface area contributed by atoms with Gasteiger partial charge in [-0.3, -0.25) is 4.90 Å². The number of alkyl halides is 3. The molecule has 2 nitrogen and oxygen atoms in total. The molecule has 1 aromatic rings. The van der Waals surface area contributed by atoms with Gasteiger partial charge in [-0.05, 0) is 31.1 Å². The second kappa shape index (κ2) is 5.28. The van der Waals surface area contributed by atoms with Crippen LogP contribution in [-0.2, 0) is 6.54 Å². The van der Waals surface area contributed by atoms with Gasteiger partial charge in [0.2, 0.25) is 0 Å². The summed E-state index contributed by atoms with van der Waals surface area (Å²) in [6, 6.07) is 7.55. The van der Waals surface area contributed by atoms with Crippen molar-refractivity contribution in [1.82, 2.24) is 10.2 Å². The van der Waals surface area contributed by atoms with Gasteiger partial charge in [-0.15, -0.1) is 0 Å². The molecule has 18 heavy (non-hydrogen) atoms. The molecule has 0 saturated heterocycles. The Balaban J connectivity index is 2.22. The van der Waals surface area contributed by atoms with Crippen LogP contribution in [0.1, 0.15) is 23.6 Å². The highest BCUT2D eigenvalue weighted by Gasteiger charge is 2.33. The third-order valence-corrected chi connectivity index (χ3v) is 3.28. The van der Waals surface area contributed by atoms with Crippen molar-refractivity contribution >= 4 is 0 Å². The summed E-state index contributed by atoms with van der Waals surface area (Å²) in [4.78, 5) is 1.39. The molecule has 100 valence electrons. The summed E-state index contributed by atoms with van der Waals surface area (Å²) in [5.74, 6) is 0.